The number of methoxy groups -OCH3 is 1. The number of thiophene rings is 1. The van der Waals surface area contributed by atoms with Crippen molar-refractivity contribution in [3.05, 3.63) is 81.8 Å². The van der Waals surface area contributed by atoms with Crippen molar-refractivity contribution >= 4 is 35.3 Å². The van der Waals surface area contributed by atoms with Gasteiger partial charge in [0, 0.05) is 22.2 Å². The van der Waals surface area contributed by atoms with Gasteiger partial charge in [-0.15, -0.1) is 11.3 Å². The maximum absolute atomic E-state index is 10.9. The third-order valence-electron chi connectivity index (χ3n) is 4.68. The maximum atomic E-state index is 10.9. The minimum Gasteiger partial charge on any atom is -0.497 e. The Kier molecular flexibility index (Phi) is 4.65. The lowest BCUT2D eigenvalue weighted by Crippen LogP contribution is -1.87. The molecule has 134 valence electrons. The van der Waals surface area contributed by atoms with Gasteiger partial charge in [-0.25, -0.2) is 0 Å². The summed E-state index contributed by atoms with van der Waals surface area (Å²) in [7, 11) is 1.68. The molecule has 0 saturated carbocycles. The molecular formula is C23H19NO2S. The zero-order valence-corrected chi connectivity index (χ0v) is 16.0. The van der Waals surface area contributed by atoms with Crippen molar-refractivity contribution in [2.45, 2.75) is 6.92 Å². The number of carbonyl (C=O) groups is 1. The third-order valence-corrected chi connectivity index (χ3v) is 5.66. The minimum absolute atomic E-state index is 0.737. The monoisotopic (exact) mass is 373 g/mol. The summed E-state index contributed by atoms with van der Waals surface area (Å²) in [6, 6.07) is 18.2. The van der Waals surface area contributed by atoms with Crippen LogP contribution in [0.4, 0.5) is 0 Å². The first-order chi connectivity index (χ1) is 13.2. The molecule has 0 bridgehead atoms. The Labute approximate surface area is 162 Å². The standard InChI is InChI=1S/C23H19NO2S/c1-16-21-5-3-4-14-24(21)22(13-12-19-10-11-20(15-25)27-19)23(16)17-6-8-18(26-2)9-7-17/h3-15H,1-2H3/b13-12+. The van der Waals surface area contributed by atoms with E-state index in [4.69, 9.17) is 4.74 Å². The average molecular weight is 373 g/mol. The summed E-state index contributed by atoms with van der Waals surface area (Å²) < 4.78 is 7.50. The summed E-state index contributed by atoms with van der Waals surface area (Å²) in [5.74, 6) is 0.845. The van der Waals surface area contributed by atoms with Crippen molar-refractivity contribution in [2.75, 3.05) is 7.11 Å². The van der Waals surface area contributed by atoms with Crippen LogP contribution in [0.25, 0.3) is 28.8 Å². The van der Waals surface area contributed by atoms with Gasteiger partial charge < -0.3 is 9.14 Å². The number of aryl methyl sites for hydroxylation is 1. The van der Waals surface area contributed by atoms with Crippen LogP contribution in [0.15, 0.2) is 60.8 Å². The first-order valence-corrected chi connectivity index (χ1v) is 9.50. The second-order valence-electron chi connectivity index (χ2n) is 6.26. The van der Waals surface area contributed by atoms with Crippen LogP contribution in [0.2, 0.25) is 0 Å². The summed E-state index contributed by atoms with van der Waals surface area (Å²) in [6.07, 6.45) is 7.17. The molecule has 0 aliphatic rings. The molecule has 0 N–H and O–H groups in total. The predicted octanol–water partition coefficient (Wildman–Crippen LogP) is 5.97. The van der Waals surface area contributed by atoms with Crippen molar-refractivity contribution in [3.63, 3.8) is 0 Å². The molecule has 1 aromatic carbocycles. The van der Waals surface area contributed by atoms with Crippen LogP contribution in [0.3, 0.4) is 0 Å². The quantitative estimate of drug-likeness (QED) is 0.404. The number of hydrogen-bond donors (Lipinski definition) is 0. The lowest BCUT2D eigenvalue weighted by molar-refractivity contribution is 0.112. The van der Waals surface area contributed by atoms with Crippen LogP contribution in [-0.4, -0.2) is 17.8 Å². The third kappa shape index (κ3) is 3.20. The highest BCUT2D eigenvalue weighted by molar-refractivity contribution is 7.14. The number of ether oxygens (including phenoxy) is 1. The molecule has 3 nitrogen and oxygen atoms in total. The van der Waals surface area contributed by atoms with Crippen molar-refractivity contribution in [2.24, 2.45) is 0 Å². The lowest BCUT2D eigenvalue weighted by atomic mass is 10.0. The summed E-state index contributed by atoms with van der Waals surface area (Å²) >= 11 is 1.49. The van der Waals surface area contributed by atoms with Crippen LogP contribution in [0.1, 0.15) is 25.8 Å². The summed E-state index contributed by atoms with van der Waals surface area (Å²) in [5.41, 5.74) is 5.89. The normalized spacial score (nSPS) is 11.3. The number of hydrogen-bond acceptors (Lipinski definition) is 3. The van der Waals surface area contributed by atoms with Crippen LogP contribution in [0.5, 0.6) is 5.75 Å². The van der Waals surface area contributed by atoms with Crippen molar-refractivity contribution in [1.29, 1.82) is 0 Å². The summed E-state index contributed by atoms with van der Waals surface area (Å²) in [4.78, 5) is 12.7. The molecule has 0 radical (unpaired) electrons. The zero-order valence-electron chi connectivity index (χ0n) is 15.2. The number of aldehydes is 1. The van der Waals surface area contributed by atoms with E-state index in [-0.39, 0.29) is 0 Å². The van der Waals surface area contributed by atoms with Gasteiger partial charge in [0.15, 0.2) is 6.29 Å². The molecule has 4 rings (SSSR count). The average Bonchev–Trinajstić information content (AvgIpc) is 3.29. The molecule has 0 saturated heterocycles. The molecule has 4 aromatic rings. The Morgan fingerprint density at radius 2 is 1.74 bits per heavy atom. The molecule has 0 atom stereocenters. The fourth-order valence-electron chi connectivity index (χ4n) is 3.37. The van der Waals surface area contributed by atoms with Crippen molar-refractivity contribution in [1.82, 2.24) is 4.40 Å². The Morgan fingerprint density at radius 3 is 2.44 bits per heavy atom. The number of nitrogens with zero attached hydrogens (tertiary/aromatic N) is 1. The van der Waals surface area contributed by atoms with Gasteiger partial charge in [0.1, 0.15) is 5.75 Å². The molecule has 0 unspecified atom stereocenters. The van der Waals surface area contributed by atoms with Crippen LogP contribution >= 0.6 is 11.3 Å². The Morgan fingerprint density at radius 1 is 0.963 bits per heavy atom. The van der Waals surface area contributed by atoms with E-state index in [0.717, 1.165) is 33.0 Å². The number of rotatable bonds is 5. The van der Waals surface area contributed by atoms with Crippen LogP contribution in [0, 0.1) is 6.92 Å². The van der Waals surface area contributed by atoms with Crippen LogP contribution < -0.4 is 4.74 Å². The maximum Gasteiger partial charge on any atom is 0.160 e. The van der Waals surface area contributed by atoms with Gasteiger partial charge >= 0.3 is 0 Å². The van der Waals surface area contributed by atoms with E-state index < -0.39 is 0 Å². The first-order valence-electron chi connectivity index (χ1n) is 8.68. The van der Waals surface area contributed by atoms with Gasteiger partial charge in [-0.3, -0.25) is 4.79 Å². The Hall–Kier alpha value is -3.11. The highest BCUT2D eigenvalue weighted by Gasteiger charge is 2.15. The van der Waals surface area contributed by atoms with E-state index in [9.17, 15) is 4.79 Å². The molecule has 3 aromatic heterocycles. The van der Waals surface area contributed by atoms with Gasteiger partial charge in [0.25, 0.3) is 0 Å². The van der Waals surface area contributed by atoms with Gasteiger partial charge in [-0.05, 0) is 66.6 Å². The van der Waals surface area contributed by atoms with E-state index in [0.29, 0.717) is 0 Å². The van der Waals surface area contributed by atoms with Gasteiger partial charge in [-0.1, -0.05) is 18.2 Å². The first kappa shape index (κ1) is 17.3. The van der Waals surface area contributed by atoms with E-state index in [1.807, 2.05) is 30.3 Å². The SMILES string of the molecule is COc1ccc(-c2c(C)c3ccccn3c2/C=C/c2ccc(C=O)s2)cc1. The molecule has 0 amide bonds. The number of aromatic nitrogens is 1. The smallest absolute Gasteiger partial charge is 0.160 e. The largest absolute Gasteiger partial charge is 0.497 e. The lowest BCUT2D eigenvalue weighted by Gasteiger charge is -2.06. The second-order valence-corrected chi connectivity index (χ2v) is 7.41. The molecule has 27 heavy (non-hydrogen) atoms. The highest BCUT2D eigenvalue weighted by atomic mass is 32.1. The molecule has 4 heteroatoms. The van der Waals surface area contributed by atoms with Gasteiger partial charge in [-0.2, -0.15) is 0 Å². The van der Waals surface area contributed by atoms with E-state index in [1.54, 1.807) is 7.11 Å². The molecule has 0 fully saturated rings. The summed E-state index contributed by atoms with van der Waals surface area (Å²) in [6.45, 7) is 2.15. The fraction of sp³-hybridized carbons (Fsp3) is 0.0870. The molecule has 0 aliphatic heterocycles. The minimum atomic E-state index is 0.737. The fourth-order valence-corrected chi connectivity index (χ4v) is 4.10. The van der Waals surface area contributed by atoms with Gasteiger partial charge in [0.2, 0.25) is 0 Å². The van der Waals surface area contributed by atoms with Crippen molar-refractivity contribution < 1.29 is 9.53 Å². The van der Waals surface area contributed by atoms with E-state index in [2.05, 4.69) is 53.9 Å². The number of benzene rings is 1. The second kappa shape index (κ2) is 7.25. The van der Waals surface area contributed by atoms with Crippen LogP contribution in [-0.2, 0) is 0 Å². The number of pyridine rings is 1. The summed E-state index contributed by atoms with van der Waals surface area (Å²) in [5, 5.41) is 0. The van der Waals surface area contributed by atoms with Crippen molar-refractivity contribution in [3.8, 4) is 16.9 Å². The molecule has 0 spiro atoms. The van der Waals surface area contributed by atoms with Gasteiger partial charge in [0.05, 0.1) is 17.7 Å². The molecule has 3 heterocycles. The molecule has 0 aliphatic carbocycles. The highest BCUT2D eigenvalue weighted by Crippen LogP contribution is 2.35. The molecular weight excluding hydrogens is 354 g/mol. The predicted molar refractivity (Wildman–Crippen MR) is 113 cm³/mol. The number of carbonyl (C=O) groups excluding carboxylic acids is 1. The zero-order chi connectivity index (χ0) is 18.8. The van der Waals surface area contributed by atoms with E-state index in [1.165, 1.54) is 28.0 Å². The topological polar surface area (TPSA) is 30.7 Å². The Bertz CT molecular complexity index is 1130. The van der Waals surface area contributed by atoms with E-state index >= 15 is 0 Å². The number of fused-ring (bicyclic) bond motifs is 1. The Balaban J connectivity index is 1.87.